The SMILES string of the molecule is Fc1ccc(CC23CNCC2C3)cc1. The van der Waals surface area contributed by atoms with E-state index in [4.69, 9.17) is 0 Å². The minimum Gasteiger partial charge on any atom is -0.316 e. The van der Waals surface area contributed by atoms with Crippen molar-refractivity contribution in [3.63, 3.8) is 0 Å². The Labute approximate surface area is 83.3 Å². The molecule has 74 valence electrons. The quantitative estimate of drug-likeness (QED) is 0.753. The first kappa shape index (κ1) is 8.42. The number of fused-ring (bicyclic) bond motifs is 1. The van der Waals surface area contributed by atoms with E-state index < -0.39 is 0 Å². The Bertz CT molecular complexity index is 346. The van der Waals surface area contributed by atoms with Gasteiger partial charge in [-0.05, 0) is 48.4 Å². The van der Waals surface area contributed by atoms with Crippen LogP contribution >= 0.6 is 0 Å². The largest absolute Gasteiger partial charge is 0.316 e. The lowest BCUT2D eigenvalue weighted by Crippen LogP contribution is -2.17. The maximum absolute atomic E-state index is 12.7. The highest BCUT2D eigenvalue weighted by Crippen LogP contribution is 2.56. The molecule has 1 aliphatic heterocycles. The Morgan fingerprint density at radius 2 is 2.14 bits per heavy atom. The summed E-state index contributed by atoms with van der Waals surface area (Å²) in [7, 11) is 0. The minimum absolute atomic E-state index is 0.136. The molecule has 1 saturated carbocycles. The van der Waals surface area contributed by atoms with Crippen LogP contribution in [0.4, 0.5) is 4.39 Å². The van der Waals surface area contributed by atoms with Gasteiger partial charge in [0.05, 0.1) is 0 Å². The fourth-order valence-electron chi connectivity index (χ4n) is 2.72. The van der Waals surface area contributed by atoms with Crippen LogP contribution in [0.25, 0.3) is 0 Å². The second-order valence-electron chi connectivity index (χ2n) is 4.70. The molecule has 2 atom stereocenters. The van der Waals surface area contributed by atoms with Crippen molar-refractivity contribution in [1.82, 2.24) is 5.32 Å². The highest BCUT2D eigenvalue weighted by molar-refractivity contribution is 5.22. The summed E-state index contributed by atoms with van der Waals surface area (Å²) in [6.07, 6.45) is 2.47. The van der Waals surface area contributed by atoms with Crippen molar-refractivity contribution < 1.29 is 4.39 Å². The molecule has 1 heterocycles. The maximum atomic E-state index is 12.7. The fourth-order valence-corrected chi connectivity index (χ4v) is 2.72. The number of hydrogen-bond donors (Lipinski definition) is 1. The molecule has 2 heteroatoms. The van der Waals surface area contributed by atoms with Gasteiger partial charge in [0, 0.05) is 6.54 Å². The number of rotatable bonds is 2. The van der Waals surface area contributed by atoms with Crippen molar-refractivity contribution in [1.29, 1.82) is 0 Å². The first-order chi connectivity index (χ1) is 6.78. The minimum atomic E-state index is -0.136. The van der Waals surface area contributed by atoms with E-state index in [1.54, 1.807) is 12.1 Å². The summed E-state index contributed by atoms with van der Waals surface area (Å²) < 4.78 is 12.7. The Balaban J connectivity index is 1.76. The van der Waals surface area contributed by atoms with E-state index in [-0.39, 0.29) is 5.82 Å². The van der Waals surface area contributed by atoms with Gasteiger partial charge in [-0.2, -0.15) is 0 Å². The van der Waals surface area contributed by atoms with Crippen LogP contribution in [-0.2, 0) is 6.42 Å². The third kappa shape index (κ3) is 1.25. The van der Waals surface area contributed by atoms with Crippen LogP contribution < -0.4 is 5.32 Å². The van der Waals surface area contributed by atoms with Crippen LogP contribution in [0.1, 0.15) is 12.0 Å². The summed E-state index contributed by atoms with van der Waals surface area (Å²) in [5, 5.41) is 3.42. The molecule has 1 aliphatic carbocycles. The molecule has 1 nitrogen and oxygen atoms in total. The van der Waals surface area contributed by atoms with Gasteiger partial charge in [-0.1, -0.05) is 12.1 Å². The first-order valence-corrected chi connectivity index (χ1v) is 5.24. The van der Waals surface area contributed by atoms with Crippen molar-refractivity contribution in [2.45, 2.75) is 12.8 Å². The monoisotopic (exact) mass is 191 g/mol. The zero-order valence-corrected chi connectivity index (χ0v) is 8.09. The molecule has 0 radical (unpaired) electrons. The second kappa shape index (κ2) is 2.80. The molecule has 0 spiro atoms. The molecule has 0 aromatic heterocycles. The molecule has 2 unspecified atom stereocenters. The van der Waals surface area contributed by atoms with Crippen LogP contribution in [0.5, 0.6) is 0 Å². The lowest BCUT2D eigenvalue weighted by Gasteiger charge is -2.11. The predicted molar refractivity (Wildman–Crippen MR) is 53.5 cm³/mol. The van der Waals surface area contributed by atoms with E-state index in [1.807, 2.05) is 12.1 Å². The van der Waals surface area contributed by atoms with Crippen LogP contribution in [0.3, 0.4) is 0 Å². The normalized spacial score (nSPS) is 34.2. The standard InChI is InChI=1S/C12H14FN/c13-11-3-1-9(2-4-11)5-12-6-10(12)7-14-8-12/h1-4,10,14H,5-8H2. The van der Waals surface area contributed by atoms with Crippen molar-refractivity contribution in [3.05, 3.63) is 35.6 Å². The summed E-state index contributed by atoms with van der Waals surface area (Å²) in [4.78, 5) is 0. The maximum Gasteiger partial charge on any atom is 0.123 e. The summed E-state index contributed by atoms with van der Waals surface area (Å²) in [6.45, 7) is 2.33. The van der Waals surface area contributed by atoms with Gasteiger partial charge in [-0.3, -0.25) is 0 Å². The lowest BCUT2D eigenvalue weighted by atomic mass is 9.96. The van der Waals surface area contributed by atoms with E-state index in [0.717, 1.165) is 18.9 Å². The number of hydrogen-bond acceptors (Lipinski definition) is 1. The molecule has 2 aliphatic rings. The van der Waals surface area contributed by atoms with E-state index in [9.17, 15) is 4.39 Å². The zero-order valence-electron chi connectivity index (χ0n) is 8.09. The van der Waals surface area contributed by atoms with Gasteiger partial charge >= 0.3 is 0 Å². The van der Waals surface area contributed by atoms with Crippen LogP contribution in [0, 0.1) is 17.2 Å². The summed E-state index contributed by atoms with van der Waals surface area (Å²) in [5.41, 5.74) is 1.80. The van der Waals surface area contributed by atoms with Crippen molar-refractivity contribution >= 4 is 0 Å². The number of nitrogens with one attached hydrogen (secondary N) is 1. The van der Waals surface area contributed by atoms with Gasteiger partial charge in [0.2, 0.25) is 0 Å². The third-order valence-electron chi connectivity index (χ3n) is 3.70. The van der Waals surface area contributed by atoms with Crippen molar-refractivity contribution in [2.75, 3.05) is 13.1 Å². The van der Waals surface area contributed by atoms with Gasteiger partial charge < -0.3 is 5.32 Å². The molecular formula is C12H14FN. The Kier molecular flexibility index (Phi) is 1.68. The van der Waals surface area contributed by atoms with E-state index in [2.05, 4.69) is 5.32 Å². The summed E-state index contributed by atoms with van der Waals surface area (Å²) in [5.74, 6) is 0.746. The third-order valence-corrected chi connectivity index (χ3v) is 3.70. The Hall–Kier alpha value is -0.890. The molecule has 1 aromatic carbocycles. The summed E-state index contributed by atoms with van der Waals surface area (Å²) in [6, 6.07) is 6.95. The van der Waals surface area contributed by atoms with E-state index >= 15 is 0 Å². The molecule has 14 heavy (non-hydrogen) atoms. The molecule has 1 aromatic rings. The highest BCUT2D eigenvalue weighted by atomic mass is 19.1. The van der Waals surface area contributed by atoms with Crippen molar-refractivity contribution in [2.24, 2.45) is 11.3 Å². The number of piperidine rings is 1. The lowest BCUT2D eigenvalue weighted by molar-refractivity contribution is 0.511. The van der Waals surface area contributed by atoms with Gasteiger partial charge in [0.1, 0.15) is 5.82 Å². The van der Waals surface area contributed by atoms with Gasteiger partial charge in [0.15, 0.2) is 0 Å². The van der Waals surface area contributed by atoms with Gasteiger partial charge in [-0.25, -0.2) is 4.39 Å². The first-order valence-electron chi connectivity index (χ1n) is 5.24. The zero-order chi connectivity index (χ0) is 9.60. The second-order valence-corrected chi connectivity index (χ2v) is 4.70. The smallest absolute Gasteiger partial charge is 0.123 e. The van der Waals surface area contributed by atoms with Gasteiger partial charge in [-0.15, -0.1) is 0 Å². The number of benzene rings is 1. The van der Waals surface area contributed by atoms with Crippen LogP contribution in [0.15, 0.2) is 24.3 Å². The number of halogens is 1. The average Bonchev–Trinajstić information content (AvgIpc) is 2.72. The molecule has 2 fully saturated rings. The van der Waals surface area contributed by atoms with Crippen molar-refractivity contribution in [3.8, 4) is 0 Å². The molecule has 0 amide bonds. The van der Waals surface area contributed by atoms with Gasteiger partial charge in [0.25, 0.3) is 0 Å². The molecule has 3 rings (SSSR count). The van der Waals surface area contributed by atoms with Crippen LogP contribution in [0.2, 0.25) is 0 Å². The molecular weight excluding hydrogens is 177 g/mol. The van der Waals surface area contributed by atoms with E-state index in [0.29, 0.717) is 5.41 Å². The highest BCUT2D eigenvalue weighted by Gasteiger charge is 2.56. The molecule has 0 bridgehead atoms. The predicted octanol–water partition coefficient (Wildman–Crippen LogP) is 1.98. The average molecular weight is 191 g/mol. The molecule has 1 saturated heterocycles. The Morgan fingerprint density at radius 1 is 1.36 bits per heavy atom. The Morgan fingerprint density at radius 3 is 2.71 bits per heavy atom. The molecule has 1 N–H and O–H groups in total. The van der Waals surface area contributed by atoms with E-state index in [1.165, 1.54) is 18.5 Å². The van der Waals surface area contributed by atoms with Crippen LogP contribution in [-0.4, -0.2) is 13.1 Å². The summed E-state index contributed by atoms with van der Waals surface area (Å²) >= 11 is 0. The topological polar surface area (TPSA) is 12.0 Å². The fraction of sp³-hybridized carbons (Fsp3) is 0.500.